The van der Waals surface area contributed by atoms with Crippen molar-refractivity contribution in [3.8, 4) is 11.5 Å². The van der Waals surface area contributed by atoms with Crippen molar-refractivity contribution in [3.05, 3.63) is 36.4 Å². The molecule has 0 radical (unpaired) electrons. The van der Waals surface area contributed by atoms with Gasteiger partial charge in [0.2, 0.25) is 11.7 Å². The van der Waals surface area contributed by atoms with Crippen molar-refractivity contribution in [2.24, 2.45) is 0 Å². The van der Waals surface area contributed by atoms with E-state index in [1.165, 1.54) is 12.3 Å². The Morgan fingerprint density at radius 2 is 2.07 bits per heavy atom. The summed E-state index contributed by atoms with van der Waals surface area (Å²) in [5, 5.41) is 6.61. The highest BCUT2D eigenvalue weighted by Gasteiger charge is 2.20. The second-order valence-corrected chi connectivity index (χ2v) is 6.41. The fourth-order valence-corrected chi connectivity index (χ4v) is 2.81. The summed E-state index contributed by atoms with van der Waals surface area (Å²) in [4.78, 5) is 25.5. The van der Waals surface area contributed by atoms with Crippen LogP contribution in [0.5, 0.6) is 0 Å². The van der Waals surface area contributed by atoms with Crippen LogP contribution in [0.2, 0.25) is 0 Å². The Balaban J connectivity index is 1.54. The van der Waals surface area contributed by atoms with Crippen LogP contribution in [-0.4, -0.2) is 61.4 Å². The van der Waals surface area contributed by atoms with E-state index in [1.807, 2.05) is 19.0 Å². The van der Waals surface area contributed by atoms with Crippen molar-refractivity contribution < 1.29 is 18.5 Å². The number of rotatable bonds is 5. The number of hydrogen-bond acceptors (Lipinski definition) is 9. The number of carbonyl (C=O) groups is 1. The van der Waals surface area contributed by atoms with Crippen molar-refractivity contribution in [1.29, 1.82) is 0 Å². The maximum Gasteiger partial charge on any atom is 0.278 e. The third kappa shape index (κ3) is 3.67. The molecule has 3 aromatic rings. The van der Waals surface area contributed by atoms with E-state index in [-0.39, 0.29) is 5.69 Å². The lowest BCUT2D eigenvalue weighted by Gasteiger charge is -2.28. The fourth-order valence-electron chi connectivity index (χ4n) is 2.81. The van der Waals surface area contributed by atoms with E-state index < -0.39 is 5.91 Å². The molecule has 10 heteroatoms. The van der Waals surface area contributed by atoms with E-state index in [1.54, 1.807) is 18.3 Å². The van der Waals surface area contributed by atoms with E-state index in [0.717, 1.165) is 13.1 Å². The lowest BCUT2D eigenvalue weighted by atomic mass is 10.3. The summed E-state index contributed by atoms with van der Waals surface area (Å²) in [5.41, 5.74) is 0.614. The SMILES string of the molecule is CN(C)c1nc(N2CCOCC2)ncc1NC(=O)c1cc(-c2ccco2)on1. The number of anilines is 3. The zero-order valence-corrected chi connectivity index (χ0v) is 15.6. The number of morpholine rings is 1. The van der Waals surface area contributed by atoms with Gasteiger partial charge in [0.15, 0.2) is 17.3 Å². The molecule has 146 valence electrons. The predicted octanol–water partition coefficient (Wildman–Crippen LogP) is 1.88. The molecule has 3 aromatic heterocycles. The van der Waals surface area contributed by atoms with Crippen molar-refractivity contribution in [1.82, 2.24) is 15.1 Å². The maximum atomic E-state index is 12.6. The number of nitrogens with zero attached hydrogens (tertiary/aromatic N) is 5. The average Bonchev–Trinajstić information content (AvgIpc) is 3.40. The van der Waals surface area contributed by atoms with E-state index in [4.69, 9.17) is 13.7 Å². The summed E-state index contributed by atoms with van der Waals surface area (Å²) >= 11 is 0. The van der Waals surface area contributed by atoms with Crippen molar-refractivity contribution >= 4 is 23.4 Å². The summed E-state index contributed by atoms with van der Waals surface area (Å²) in [5.74, 6) is 1.65. The Labute approximate surface area is 161 Å². The van der Waals surface area contributed by atoms with E-state index >= 15 is 0 Å². The highest BCUT2D eigenvalue weighted by atomic mass is 16.5. The number of furan rings is 1. The standard InChI is InChI=1S/C18H20N6O4/c1-23(2)16-13(11-19-18(21-16)24-5-8-26-9-6-24)20-17(25)12-10-15(28-22-12)14-4-3-7-27-14/h3-4,7,10-11H,5-6,8-9H2,1-2H3,(H,20,25). The van der Waals surface area contributed by atoms with Gasteiger partial charge >= 0.3 is 0 Å². The van der Waals surface area contributed by atoms with E-state index in [2.05, 4.69) is 25.3 Å². The molecule has 0 aromatic carbocycles. The first-order chi connectivity index (χ1) is 13.6. The molecule has 4 rings (SSSR count). The summed E-state index contributed by atoms with van der Waals surface area (Å²) < 4.78 is 15.8. The predicted molar refractivity (Wildman–Crippen MR) is 102 cm³/mol. The van der Waals surface area contributed by atoms with Gasteiger partial charge in [-0.1, -0.05) is 5.16 Å². The number of aromatic nitrogens is 3. The first-order valence-corrected chi connectivity index (χ1v) is 8.81. The first-order valence-electron chi connectivity index (χ1n) is 8.81. The smallest absolute Gasteiger partial charge is 0.278 e. The zero-order valence-electron chi connectivity index (χ0n) is 15.6. The van der Waals surface area contributed by atoms with Gasteiger partial charge in [-0.2, -0.15) is 4.98 Å². The molecule has 0 atom stereocenters. The lowest BCUT2D eigenvalue weighted by Crippen LogP contribution is -2.37. The highest BCUT2D eigenvalue weighted by molar-refractivity contribution is 6.04. The molecule has 1 fully saturated rings. The number of amides is 1. The summed E-state index contributed by atoms with van der Waals surface area (Å²) in [6, 6.07) is 4.98. The van der Waals surface area contributed by atoms with Crippen LogP contribution in [-0.2, 0) is 4.74 Å². The Bertz CT molecular complexity index is 947. The fraction of sp³-hybridized carbons (Fsp3) is 0.333. The molecule has 0 saturated carbocycles. The minimum absolute atomic E-state index is 0.133. The first kappa shape index (κ1) is 18.0. The van der Waals surface area contributed by atoms with Gasteiger partial charge in [-0.05, 0) is 12.1 Å². The van der Waals surface area contributed by atoms with Gasteiger partial charge in [0.1, 0.15) is 5.69 Å². The number of nitrogens with one attached hydrogen (secondary N) is 1. The van der Waals surface area contributed by atoms with Gasteiger partial charge in [0.05, 0.1) is 25.7 Å². The Morgan fingerprint density at radius 3 is 2.79 bits per heavy atom. The van der Waals surface area contributed by atoms with Gasteiger partial charge in [-0.25, -0.2) is 4.98 Å². The maximum absolute atomic E-state index is 12.6. The third-order valence-corrected chi connectivity index (χ3v) is 4.23. The molecule has 1 saturated heterocycles. The summed E-state index contributed by atoms with van der Waals surface area (Å²) in [6.45, 7) is 2.74. The topological polar surface area (TPSA) is 110 Å². The number of hydrogen-bond donors (Lipinski definition) is 1. The van der Waals surface area contributed by atoms with Crippen LogP contribution in [0.1, 0.15) is 10.5 Å². The number of ether oxygens (including phenoxy) is 1. The lowest BCUT2D eigenvalue weighted by molar-refractivity contribution is 0.101. The minimum atomic E-state index is -0.424. The Hall–Kier alpha value is -3.40. The molecular weight excluding hydrogens is 364 g/mol. The van der Waals surface area contributed by atoms with Crippen LogP contribution in [0.25, 0.3) is 11.5 Å². The normalized spacial score (nSPS) is 14.1. The Morgan fingerprint density at radius 1 is 1.25 bits per heavy atom. The van der Waals surface area contributed by atoms with Crippen LogP contribution in [0.3, 0.4) is 0 Å². The molecule has 28 heavy (non-hydrogen) atoms. The van der Waals surface area contributed by atoms with E-state index in [9.17, 15) is 4.79 Å². The Kier molecular flexibility index (Phi) is 4.94. The number of carbonyl (C=O) groups excluding carboxylic acids is 1. The van der Waals surface area contributed by atoms with Crippen molar-refractivity contribution in [3.63, 3.8) is 0 Å². The molecule has 1 aliphatic rings. The average molecular weight is 384 g/mol. The zero-order chi connectivity index (χ0) is 19.5. The van der Waals surface area contributed by atoms with Crippen LogP contribution in [0.4, 0.5) is 17.5 Å². The molecule has 1 amide bonds. The minimum Gasteiger partial charge on any atom is -0.461 e. The highest BCUT2D eigenvalue weighted by Crippen LogP contribution is 2.25. The molecule has 4 heterocycles. The van der Waals surface area contributed by atoms with Gasteiger partial charge in [0.25, 0.3) is 5.91 Å². The quantitative estimate of drug-likeness (QED) is 0.705. The van der Waals surface area contributed by atoms with E-state index in [0.29, 0.717) is 42.2 Å². The molecule has 1 aliphatic heterocycles. The second-order valence-electron chi connectivity index (χ2n) is 6.41. The molecule has 10 nitrogen and oxygen atoms in total. The third-order valence-electron chi connectivity index (χ3n) is 4.23. The van der Waals surface area contributed by atoms with Crippen LogP contribution in [0, 0.1) is 0 Å². The molecule has 0 bridgehead atoms. The second kappa shape index (κ2) is 7.69. The van der Waals surface area contributed by atoms with Gasteiger partial charge in [0, 0.05) is 33.3 Å². The van der Waals surface area contributed by atoms with Crippen LogP contribution < -0.4 is 15.1 Å². The van der Waals surface area contributed by atoms with Gasteiger partial charge in [-0.3, -0.25) is 4.79 Å². The van der Waals surface area contributed by atoms with Crippen LogP contribution in [0.15, 0.2) is 39.6 Å². The molecular formula is C18H20N6O4. The summed E-state index contributed by atoms with van der Waals surface area (Å²) in [6.07, 6.45) is 3.12. The monoisotopic (exact) mass is 384 g/mol. The molecule has 1 N–H and O–H groups in total. The van der Waals surface area contributed by atoms with Gasteiger partial charge < -0.3 is 28.8 Å². The molecule has 0 aliphatic carbocycles. The van der Waals surface area contributed by atoms with Crippen molar-refractivity contribution in [2.45, 2.75) is 0 Å². The van der Waals surface area contributed by atoms with Gasteiger partial charge in [-0.15, -0.1) is 0 Å². The van der Waals surface area contributed by atoms with Crippen molar-refractivity contribution in [2.75, 3.05) is 55.5 Å². The largest absolute Gasteiger partial charge is 0.461 e. The molecule has 0 spiro atoms. The van der Waals surface area contributed by atoms with Crippen LogP contribution >= 0.6 is 0 Å². The summed E-state index contributed by atoms with van der Waals surface area (Å²) in [7, 11) is 3.71. The molecule has 0 unspecified atom stereocenters.